The maximum atomic E-state index is 7.52. The number of benzene rings is 3. The fraction of sp³-hybridized carbons (Fsp3) is 0.633. The number of anilines is 1. The Balaban J connectivity index is 2.25. The molecule has 0 spiro atoms. The average molecular weight is 742 g/mol. The van der Waals surface area contributed by atoms with E-state index in [0.717, 1.165) is 42.5 Å². The highest BCUT2D eigenvalue weighted by Crippen LogP contribution is 2.49. The Kier molecular flexibility index (Phi) is 13.2. The third-order valence-corrected chi connectivity index (χ3v) is 15.1. The molecule has 0 amide bonds. The summed E-state index contributed by atoms with van der Waals surface area (Å²) < 4.78 is 17.5. The van der Waals surface area contributed by atoms with Crippen LogP contribution >= 0.6 is 8.16 Å². The largest absolute Gasteiger partial charge is 0.403 e. The molecule has 294 valence electrons. The summed E-state index contributed by atoms with van der Waals surface area (Å²) in [4.78, 5) is 0. The van der Waals surface area contributed by atoms with Gasteiger partial charge in [-0.05, 0) is 114 Å². The minimum absolute atomic E-state index is 0.00745. The molecule has 0 fully saturated rings. The highest BCUT2D eigenvalue weighted by molar-refractivity contribution is 7.39. The molecule has 0 atom stereocenters. The van der Waals surface area contributed by atoms with E-state index in [9.17, 15) is 0 Å². The Morgan fingerprint density at radius 1 is 0.528 bits per heavy atom. The van der Waals surface area contributed by atoms with Crippen molar-refractivity contribution in [1.82, 2.24) is 0 Å². The molecule has 3 nitrogen and oxygen atoms in total. The van der Waals surface area contributed by atoms with Gasteiger partial charge in [-0.1, -0.05) is 147 Å². The summed E-state index contributed by atoms with van der Waals surface area (Å²) in [7, 11) is -1.59. The van der Waals surface area contributed by atoms with Gasteiger partial charge in [-0.15, -0.1) is 0 Å². The molecule has 0 N–H and O–H groups in total. The molecular weight excluding hydrogens is 666 g/mol. The molecule has 4 rings (SSSR count). The quantitative estimate of drug-likeness (QED) is 0.107. The van der Waals surface area contributed by atoms with Crippen molar-refractivity contribution in [2.75, 3.05) is 4.67 Å². The SMILES string of the molecule is CCCCCC(C)(C)c1ccc(N(C(C)C)p2oc3c(C(C)(C)CC)cc(C(C)(C)CC)cc3c3cc(C(C)(C)CC)cc(C(C)(C)CC)c3o2)cc1. The van der Waals surface area contributed by atoms with E-state index < -0.39 is 8.16 Å². The second-order valence-electron chi connectivity index (χ2n) is 19.5. The lowest BCUT2D eigenvalue weighted by Gasteiger charge is -2.30. The third kappa shape index (κ3) is 8.93. The maximum absolute atomic E-state index is 7.52. The molecule has 0 aliphatic rings. The van der Waals surface area contributed by atoms with E-state index in [-0.39, 0.29) is 33.1 Å². The first-order chi connectivity index (χ1) is 24.6. The first-order valence-corrected chi connectivity index (χ1v) is 22.2. The summed E-state index contributed by atoms with van der Waals surface area (Å²) in [5.41, 5.74) is 9.74. The van der Waals surface area contributed by atoms with E-state index in [0.29, 0.717) is 0 Å². The van der Waals surface area contributed by atoms with Gasteiger partial charge in [-0.3, -0.25) is 4.67 Å². The van der Waals surface area contributed by atoms with Crippen molar-refractivity contribution in [2.24, 2.45) is 0 Å². The first kappa shape index (κ1) is 43.1. The lowest BCUT2D eigenvalue weighted by Crippen LogP contribution is -2.23. The van der Waals surface area contributed by atoms with Gasteiger partial charge in [-0.2, -0.15) is 0 Å². The van der Waals surface area contributed by atoms with E-state index in [4.69, 9.17) is 8.39 Å². The molecule has 0 unspecified atom stereocenters. The van der Waals surface area contributed by atoms with Gasteiger partial charge in [0.25, 0.3) is 0 Å². The minimum atomic E-state index is -1.59. The normalized spacial score (nSPS) is 13.4. The third-order valence-electron chi connectivity index (χ3n) is 13.3. The van der Waals surface area contributed by atoms with Gasteiger partial charge in [-0.25, -0.2) is 0 Å². The summed E-state index contributed by atoms with van der Waals surface area (Å²) in [6.45, 7) is 39.9. The van der Waals surface area contributed by atoms with E-state index in [2.05, 4.69) is 171 Å². The Hall–Kier alpha value is -2.64. The van der Waals surface area contributed by atoms with E-state index in [1.807, 2.05) is 0 Å². The van der Waals surface area contributed by atoms with Crippen LogP contribution in [-0.4, -0.2) is 6.04 Å². The molecule has 1 aromatic heterocycles. The van der Waals surface area contributed by atoms with Crippen LogP contribution in [0.3, 0.4) is 0 Å². The van der Waals surface area contributed by atoms with Gasteiger partial charge >= 0.3 is 8.16 Å². The molecule has 53 heavy (non-hydrogen) atoms. The Morgan fingerprint density at radius 3 is 1.30 bits per heavy atom. The molecule has 1 heterocycles. The Labute approximate surface area is 326 Å². The van der Waals surface area contributed by atoms with Crippen LogP contribution < -0.4 is 4.67 Å². The summed E-state index contributed by atoms with van der Waals surface area (Å²) in [6.07, 6.45) is 9.10. The Bertz CT molecular complexity index is 1790. The number of hydrogen-bond acceptors (Lipinski definition) is 3. The predicted molar refractivity (Wildman–Crippen MR) is 236 cm³/mol. The topological polar surface area (TPSA) is 29.5 Å². The number of nitrogens with zero attached hydrogens (tertiary/aromatic N) is 1. The van der Waals surface area contributed by atoms with E-state index >= 15 is 0 Å². The van der Waals surface area contributed by atoms with Crippen LogP contribution in [0, 0.1) is 0 Å². The van der Waals surface area contributed by atoms with Crippen LogP contribution in [-0.2, 0) is 27.1 Å². The Morgan fingerprint density at radius 2 is 0.943 bits per heavy atom. The fourth-order valence-corrected chi connectivity index (χ4v) is 8.92. The summed E-state index contributed by atoms with van der Waals surface area (Å²) in [5, 5.41) is 2.35. The van der Waals surface area contributed by atoms with Crippen LogP contribution in [0.15, 0.2) is 56.9 Å². The standard InChI is InChI=1S/C49H76NO2P/c1-18-23-24-29-49(16,17)35-25-27-38(28-26-35)50(34(6)7)53-51-43-39(30-36(45(8,9)19-2)32-41(43)47(12,13)21-4)40-31-37(46(10,11)20-3)33-42(44(40)52-53)48(14,15)22-5/h25-28,30-34H,18-24,29H2,1-17H3. The average Bonchev–Trinajstić information content (AvgIpc) is 3.27. The molecule has 0 bridgehead atoms. The molecule has 4 aromatic rings. The maximum Gasteiger partial charge on any atom is 0.341 e. The van der Waals surface area contributed by atoms with Crippen molar-refractivity contribution >= 4 is 35.8 Å². The highest BCUT2D eigenvalue weighted by Gasteiger charge is 2.33. The lowest BCUT2D eigenvalue weighted by atomic mass is 9.74. The molecule has 0 saturated heterocycles. The zero-order chi connectivity index (χ0) is 39.7. The molecule has 0 aliphatic carbocycles. The van der Waals surface area contributed by atoms with Crippen molar-refractivity contribution in [3.8, 4) is 0 Å². The van der Waals surface area contributed by atoms with Crippen LogP contribution in [0.1, 0.15) is 197 Å². The van der Waals surface area contributed by atoms with Gasteiger partial charge in [0.15, 0.2) is 0 Å². The smallest absolute Gasteiger partial charge is 0.341 e. The van der Waals surface area contributed by atoms with Crippen molar-refractivity contribution < 1.29 is 8.39 Å². The second kappa shape index (κ2) is 16.2. The number of rotatable bonds is 16. The minimum Gasteiger partial charge on any atom is -0.403 e. The van der Waals surface area contributed by atoms with Crippen molar-refractivity contribution in [2.45, 2.75) is 202 Å². The van der Waals surface area contributed by atoms with Crippen LogP contribution in [0.25, 0.3) is 21.9 Å². The number of fused-ring (bicyclic) bond motifs is 3. The van der Waals surface area contributed by atoms with Gasteiger partial charge in [0.2, 0.25) is 0 Å². The zero-order valence-electron chi connectivity index (χ0n) is 37.1. The van der Waals surface area contributed by atoms with Gasteiger partial charge < -0.3 is 8.39 Å². The fourth-order valence-electron chi connectivity index (χ4n) is 7.30. The molecule has 0 saturated carbocycles. The summed E-state index contributed by atoms with van der Waals surface area (Å²) in [6, 6.07) is 19.3. The molecule has 0 radical (unpaired) electrons. The first-order valence-electron chi connectivity index (χ1n) is 21.0. The van der Waals surface area contributed by atoms with Gasteiger partial charge in [0, 0.05) is 33.6 Å². The zero-order valence-corrected chi connectivity index (χ0v) is 38.0. The van der Waals surface area contributed by atoms with Crippen LogP contribution in [0.4, 0.5) is 5.69 Å². The molecular formula is C49H76NO2P. The van der Waals surface area contributed by atoms with Gasteiger partial charge in [0.1, 0.15) is 11.2 Å². The summed E-state index contributed by atoms with van der Waals surface area (Å²) in [5.74, 6) is 0. The van der Waals surface area contributed by atoms with Gasteiger partial charge in [0.05, 0.1) is 0 Å². The monoisotopic (exact) mass is 742 g/mol. The van der Waals surface area contributed by atoms with Crippen LogP contribution in [0.2, 0.25) is 0 Å². The lowest BCUT2D eigenvalue weighted by molar-refractivity contribution is 0.450. The van der Waals surface area contributed by atoms with Crippen molar-refractivity contribution in [1.29, 1.82) is 0 Å². The molecule has 4 heteroatoms. The predicted octanol–water partition coefficient (Wildman–Crippen LogP) is 16.6. The van der Waals surface area contributed by atoms with Crippen LogP contribution in [0.5, 0.6) is 0 Å². The van der Waals surface area contributed by atoms with E-state index in [1.54, 1.807) is 0 Å². The van der Waals surface area contributed by atoms with E-state index in [1.165, 1.54) is 64.3 Å². The second-order valence-corrected chi connectivity index (χ2v) is 20.8. The molecule has 3 aromatic carbocycles. The number of hydrogen-bond donors (Lipinski definition) is 0. The number of unbranched alkanes of at least 4 members (excludes halogenated alkanes) is 2. The van der Waals surface area contributed by atoms with Crippen molar-refractivity contribution in [3.05, 3.63) is 76.3 Å². The van der Waals surface area contributed by atoms with Crippen molar-refractivity contribution in [3.63, 3.8) is 0 Å². The molecule has 0 aliphatic heterocycles. The highest BCUT2D eigenvalue weighted by atomic mass is 31.1. The summed E-state index contributed by atoms with van der Waals surface area (Å²) >= 11 is 0.